The molecule has 0 aliphatic heterocycles. The van der Waals surface area contributed by atoms with Crippen LogP contribution in [0.15, 0.2) is 65.1 Å². The highest BCUT2D eigenvalue weighted by Crippen LogP contribution is 2.40. The SMILES string of the molecule is Cc1ccc2c(n1)oc1c(-c3ccc4cc(-c5c(C)cc(C(C)(C)C)cc5C)sc4n3)cccc12. The van der Waals surface area contributed by atoms with Crippen LogP contribution in [0.2, 0.25) is 0 Å². The number of rotatable bonds is 2. The van der Waals surface area contributed by atoms with E-state index in [2.05, 4.69) is 94.2 Å². The Labute approximate surface area is 209 Å². The van der Waals surface area contributed by atoms with Crippen LogP contribution in [-0.2, 0) is 5.41 Å². The summed E-state index contributed by atoms with van der Waals surface area (Å²) in [4.78, 5) is 12.0. The van der Waals surface area contributed by atoms with Gasteiger partial charge >= 0.3 is 0 Å². The molecule has 0 amide bonds. The Morgan fingerprint density at radius 2 is 1.57 bits per heavy atom. The van der Waals surface area contributed by atoms with Gasteiger partial charge in [0.2, 0.25) is 5.71 Å². The van der Waals surface area contributed by atoms with Crippen molar-refractivity contribution in [3.05, 3.63) is 83.0 Å². The van der Waals surface area contributed by atoms with Crippen molar-refractivity contribution in [2.24, 2.45) is 0 Å². The first-order chi connectivity index (χ1) is 16.7. The highest BCUT2D eigenvalue weighted by molar-refractivity contribution is 7.21. The number of fused-ring (bicyclic) bond motifs is 4. The van der Waals surface area contributed by atoms with Crippen molar-refractivity contribution in [1.29, 1.82) is 0 Å². The molecule has 0 aliphatic rings. The summed E-state index contributed by atoms with van der Waals surface area (Å²) in [6, 6.07) is 21.6. The van der Waals surface area contributed by atoms with Crippen LogP contribution in [0.5, 0.6) is 0 Å². The van der Waals surface area contributed by atoms with E-state index in [0.717, 1.165) is 38.1 Å². The lowest BCUT2D eigenvalue weighted by Crippen LogP contribution is -2.11. The molecule has 0 N–H and O–H groups in total. The van der Waals surface area contributed by atoms with Gasteiger partial charge in [0.25, 0.3) is 0 Å². The molecule has 35 heavy (non-hydrogen) atoms. The minimum Gasteiger partial charge on any atom is -0.437 e. The zero-order valence-electron chi connectivity index (χ0n) is 21.0. The molecule has 0 unspecified atom stereocenters. The predicted molar refractivity (Wildman–Crippen MR) is 148 cm³/mol. The third-order valence-corrected chi connectivity index (χ3v) is 7.87. The summed E-state index contributed by atoms with van der Waals surface area (Å²) in [5.41, 5.74) is 9.85. The Morgan fingerprint density at radius 1 is 0.800 bits per heavy atom. The number of nitrogens with zero attached hydrogens (tertiary/aromatic N) is 2. The van der Waals surface area contributed by atoms with Crippen molar-refractivity contribution in [2.45, 2.75) is 47.0 Å². The first-order valence-electron chi connectivity index (χ1n) is 12.0. The van der Waals surface area contributed by atoms with Crippen molar-refractivity contribution in [2.75, 3.05) is 0 Å². The highest BCUT2D eigenvalue weighted by Gasteiger charge is 2.19. The lowest BCUT2D eigenvalue weighted by molar-refractivity contribution is 0.589. The van der Waals surface area contributed by atoms with Gasteiger partial charge in [-0.2, -0.15) is 0 Å². The molecule has 0 radical (unpaired) electrons. The molecule has 0 aliphatic carbocycles. The van der Waals surface area contributed by atoms with Crippen LogP contribution in [0.25, 0.3) is 54.0 Å². The topological polar surface area (TPSA) is 38.9 Å². The smallest absolute Gasteiger partial charge is 0.227 e. The van der Waals surface area contributed by atoms with Gasteiger partial charge in [-0.3, -0.25) is 0 Å². The summed E-state index contributed by atoms with van der Waals surface area (Å²) in [5.74, 6) is 0. The molecule has 174 valence electrons. The van der Waals surface area contributed by atoms with Crippen molar-refractivity contribution in [1.82, 2.24) is 9.97 Å². The molecule has 0 saturated heterocycles. The number of benzene rings is 2. The molecular weight excluding hydrogens is 448 g/mol. The molecule has 0 atom stereocenters. The molecule has 4 heterocycles. The largest absolute Gasteiger partial charge is 0.437 e. The second kappa shape index (κ2) is 7.76. The summed E-state index contributed by atoms with van der Waals surface area (Å²) < 4.78 is 6.23. The second-order valence-corrected chi connectivity index (χ2v) is 11.6. The fraction of sp³-hybridized carbons (Fsp3) is 0.226. The van der Waals surface area contributed by atoms with E-state index in [0.29, 0.717) is 5.71 Å². The van der Waals surface area contributed by atoms with Gasteiger partial charge in [0.1, 0.15) is 10.4 Å². The third kappa shape index (κ3) is 3.64. The Kier molecular flexibility index (Phi) is 4.87. The third-order valence-electron chi connectivity index (χ3n) is 6.81. The highest BCUT2D eigenvalue weighted by atomic mass is 32.1. The number of furan rings is 1. The zero-order valence-corrected chi connectivity index (χ0v) is 21.8. The number of hydrogen-bond acceptors (Lipinski definition) is 4. The maximum absolute atomic E-state index is 6.23. The lowest BCUT2D eigenvalue weighted by Gasteiger charge is -2.22. The molecule has 0 bridgehead atoms. The molecule has 2 aromatic carbocycles. The van der Waals surface area contributed by atoms with Crippen LogP contribution in [0, 0.1) is 20.8 Å². The summed E-state index contributed by atoms with van der Waals surface area (Å²) in [6.45, 7) is 13.2. The number of pyridine rings is 2. The normalized spacial score (nSPS) is 12.3. The van der Waals surface area contributed by atoms with Gasteiger partial charge < -0.3 is 4.42 Å². The van der Waals surface area contributed by atoms with Crippen LogP contribution >= 0.6 is 11.3 Å². The average molecular weight is 477 g/mol. The van der Waals surface area contributed by atoms with Gasteiger partial charge in [-0.1, -0.05) is 45.0 Å². The molecule has 6 rings (SSSR count). The molecule has 0 saturated carbocycles. The quantitative estimate of drug-likeness (QED) is 0.250. The molecule has 6 aromatic rings. The summed E-state index contributed by atoms with van der Waals surface area (Å²) >= 11 is 1.76. The molecular formula is C31H28N2OS. The summed E-state index contributed by atoms with van der Waals surface area (Å²) in [6.07, 6.45) is 0. The second-order valence-electron chi connectivity index (χ2n) is 10.5. The van der Waals surface area contributed by atoms with E-state index in [1.54, 1.807) is 11.3 Å². The average Bonchev–Trinajstić information content (AvgIpc) is 3.37. The van der Waals surface area contributed by atoms with Crippen LogP contribution in [-0.4, -0.2) is 9.97 Å². The number of para-hydroxylation sites is 1. The minimum absolute atomic E-state index is 0.135. The van der Waals surface area contributed by atoms with E-state index in [1.807, 2.05) is 13.0 Å². The maximum Gasteiger partial charge on any atom is 0.227 e. The fourth-order valence-electron chi connectivity index (χ4n) is 4.95. The number of hydrogen-bond donors (Lipinski definition) is 0. The monoisotopic (exact) mass is 476 g/mol. The Balaban J connectivity index is 1.48. The number of aryl methyl sites for hydroxylation is 3. The maximum atomic E-state index is 6.23. The van der Waals surface area contributed by atoms with E-state index in [9.17, 15) is 0 Å². The van der Waals surface area contributed by atoms with Crippen LogP contribution in [0.1, 0.15) is 43.2 Å². The predicted octanol–water partition coefficient (Wildman–Crippen LogP) is 9.15. The lowest BCUT2D eigenvalue weighted by atomic mass is 9.83. The Hall–Kier alpha value is -3.50. The standard InChI is InChI=1S/C31H28N2OS/c1-17-14-21(31(4,5)6)15-18(2)27(17)26-16-20-11-13-25(33-30(20)35-26)24-9-7-8-22-23-12-10-19(3)32-29(23)34-28(22)24/h7-16H,1-6H3. The van der Waals surface area contributed by atoms with Gasteiger partial charge in [-0.05, 0) is 84.8 Å². The van der Waals surface area contributed by atoms with Crippen molar-refractivity contribution in [3.63, 3.8) is 0 Å². The van der Waals surface area contributed by atoms with Gasteiger partial charge in [-0.15, -0.1) is 11.3 Å². The van der Waals surface area contributed by atoms with E-state index in [4.69, 9.17) is 9.40 Å². The van der Waals surface area contributed by atoms with Gasteiger partial charge in [0, 0.05) is 32.3 Å². The zero-order chi connectivity index (χ0) is 24.5. The summed E-state index contributed by atoms with van der Waals surface area (Å²) in [5, 5.41) is 3.28. The Bertz CT molecular complexity index is 1740. The molecule has 4 aromatic heterocycles. The van der Waals surface area contributed by atoms with Crippen molar-refractivity contribution in [3.8, 4) is 21.7 Å². The molecule has 3 nitrogen and oxygen atoms in total. The van der Waals surface area contributed by atoms with E-state index >= 15 is 0 Å². The molecule has 0 spiro atoms. The van der Waals surface area contributed by atoms with Crippen LogP contribution in [0.4, 0.5) is 0 Å². The van der Waals surface area contributed by atoms with Gasteiger partial charge in [-0.25, -0.2) is 9.97 Å². The number of thiophene rings is 1. The van der Waals surface area contributed by atoms with E-state index in [1.165, 1.54) is 32.5 Å². The van der Waals surface area contributed by atoms with E-state index < -0.39 is 0 Å². The Morgan fingerprint density at radius 3 is 2.31 bits per heavy atom. The van der Waals surface area contributed by atoms with Gasteiger partial charge in [0.05, 0.1) is 5.69 Å². The van der Waals surface area contributed by atoms with Crippen molar-refractivity contribution >= 4 is 43.6 Å². The first-order valence-corrected chi connectivity index (χ1v) is 12.8. The van der Waals surface area contributed by atoms with Crippen molar-refractivity contribution < 1.29 is 4.42 Å². The first kappa shape index (κ1) is 22.0. The van der Waals surface area contributed by atoms with Crippen LogP contribution in [0.3, 0.4) is 0 Å². The molecule has 0 fully saturated rings. The number of aromatic nitrogens is 2. The van der Waals surface area contributed by atoms with E-state index in [-0.39, 0.29) is 5.41 Å². The fourth-order valence-corrected chi connectivity index (χ4v) is 6.16. The minimum atomic E-state index is 0.135. The van der Waals surface area contributed by atoms with Crippen LogP contribution < -0.4 is 0 Å². The summed E-state index contributed by atoms with van der Waals surface area (Å²) in [7, 11) is 0. The molecule has 4 heteroatoms. The van der Waals surface area contributed by atoms with Gasteiger partial charge in [0.15, 0.2) is 0 Å².